The highest BCUT2D eigenvalue weighted by Gasteiger charge is 2.38. The van der Waals surface area contributed by atoms with Crippen LogP contribution in [0.4, 0.5) is 0 Å². The van der Waals surface area contributed by atoms with Crippen molar-refractivity contribution in [1.82, 2.24) is 5.32 Å². The predicted octanol–water partition coefficient (Wildman–Crippen LogP) is 1.37. The molecule has 3 nitrogen and oxygen atoms in total. The van der Waals surface area contributed by atoms with Crippen molar-refractivity contribution in [3.05, 3.63) is 0 Å². The van der Waals surface area contributed by atoms with E-state index in [1.807, 2.05) is 0 Å². The van der Waals surface area contributed by atoms with Crippen LogP contribution < -0.4 is 5.32 Å². The normalized spacial score (nSPS) is 31.5. The van der Waals surface area contributed by atoms with Gasteiger partial charge in [-0.2, -0.15) is 0 Å². The number of hydrogen-bond acceptors (Lipinski definition) is 3. The molecule has 1 aliphatic carbocycles. The maximum absolute atomic E-state index is 8.65. The molecule has 68 valence electrons. The fraction of sp³-hybridized carbons (Fsp3) is 0.889. The van der Waals surface area contributed by atoms with Gasteiger partial charge in [-0.25, -0.2) is 0 Å². The second kappa shape index (κ2) is 3.05. The Balaban J connectivity index is 2.03. The molecule has 0 unspecified atom stereocenters. The zero-order valence-electron chi connectivity index (χ0n) is 7.34. The Labute approximate surface area is 72.8 Å². The Bertz CT molecular complexity index is 195. The van der Waals surface area contributed by atoms with Crippen molar-refractivity contribution >= 4 is 5.71 Å². The molecule has 3 heteroatoms. The fourth-order valence-corrected chi connectivity index (χ4v) is 2.49. The maximum Gasteiger partial charge on any atom is 0.0576 e. The molecule has 2 fully saturated rings. The van der Waals surface area contributed by atoms with Crippen LogP contribution in [0.1, 0.15) is 32.1 Å². The second-order valence-electron chi connectivity index (χ2n) is 4.09. The van der Waals surface area contributed by atoms with Crippen molar-refractivity contribution < 1.29 is 5.21 Å². The van der Waals surface area contributed by atoms with Gasteiger partial charge >= 0.3 is 0 Å². The van der Waals surface area contributed by atoms with Gasteiger partial charge in [-0.05, 0) is 50.6 Å². The molecule has 0 aromatic heterocycles. The summed E-state index contributed by atoms with van der Waals surface area (Å²) in [6, 6.07) is 0. The van der Waals surface area contributed by atoms with E-state index in [0.29, 0.717) is 5.41 Å². The molecule has 0 bridgehead atoms. The quantitative estimate of drug-likeness (QED) is 0.424. The summed E-state index contributed by atoms with van der Waals surface area (Å²) < 4.78 is 0. The van der Waals surface area contributed by atoms with Crippen molar-refractivity contribution in [2.75, 3.05) is 13.1 Å². The molecule has 0 atom stereocenters. The first-order chi connectivity index (χ1) is 5.85. The van der Waals surface area contributed by atoms with E-state index >= 15 is 0 Å². The third kappa shape index (κ3) is 1.33. The van der Waals surface area contributed by atoms with E-state index in [9.17, 15) is 0 Å². The minimum atomic E-state index is 0.493. The molecule has 0 amide bonds. The van der Waals surface area contributed by atoms with Crippen molar-refractivity contribution in [2.24, 2.45) is 10.6 Å². The Morgan fingerprint density at radius 2 is 2.00 bits per heavy atom. The molecular formula is C9H16N2O. The van der Waals surface area contributed by atoms with Gasteiger partial charge in [0.25, 0.3) is 0 Å². The first-order valence-corrected chi connectivity index (χ1v) is 4.75. The number of nitrogens with one attached hydrogen (secondary N) is 1. The molecule has 1 saturated carbocycles. The third-order valence-corrected chi connectivity index (χ3v) is 3.33. The lowest BCUT2D eigenvalue weighted by Crippen LogP contribution is -2.35. The summed E-state index contributed by atoms with van der Waals surface area (Å²) in [5.41, 5.74) is 1.50. The van der Waals surface area contributed by atoms with E-state index in [1.165, 1.54) is 19.3 Å². The lowest BCUT2D eigenvalue weighted by molar-refractivity contribution is 0.216. The van der Waals surface area contributed by atoms with Crippen molar-refractivity contribution in [1.29, 1.82) is 0 Å². The zero-order valence-corrected chi connectivity index (χ0v) is 7.34. The van der Waals surface area contributed by atoms with Crippen LogP contribution in [0.5, 0.6) is 0 Å². The van der Waals surface area contributed by atoms with E-state index in [0.717, 1.165) is 31.6 Å². The number of nitrogens with zero attached hydrogens (tertiary/aromatic N) is 1. The standard InChI is InChI=1S/C9H16N2O/c12-11-8-1-2-9(7-8)3-5-10-6-4-9/h10,12H,1-7H2/b11-8+. The van der Waals surface area contributed by atoms with E-state index in [1.54, 1.807) is 0 Å². The summed E-state index contributed by atoms with van der Waals surface area (Å²) >= 11 is 0. The molecule has 0 aromatic carbocycles. The Morgan fingerprint density at radius 1 is 1.25 bits per heavy atom. The second-order valence-corrected chi connectivity index (χ2v) is 4.09. The van der Waals surface area contributed by atoms with Crippen molar-refractivity contribution in [2.45, 2.75) is 32.1 Å². The highest BCUT2D eigenvalue weighted by molar-refractivity contribution is 5.86. The molecular weight excluding hydrogens is 152 g/mol. The Hall–Kier alpha value is -0.570. The number of hydrogen-bond donors (Lipinski definition) is 2. The van der Waals surface area contributed by atoms with E-state index in [4.69, 9.17) is 5.21 Å². The van der Waals surface area contributed by atoms with E-state index < -0.39 is 0 Å². The maximum atomic E-state index is 8.65. The van der Waals surface area contributed by atoms with Crippen molar-refractivity contribution in [3.63, 3.8) is 0 Å². The highest BCUT2D eigenvalue weighted by atomic mass is 16.4. The van der Waals surface area contributed by atoms with Crippen molar-refractivity contribution in [3.8, 4) is 0 Å². The van der Waals surface area contributed by atoms with Gasteiger partial charge in [0, 0.05) is 0 Å². The van der Waals surface area contributed by atoms with Crippen LogP contribution in [-0.2, 0) is 0 Å². The molecule has 0 aromatic rings. The van der Waals surface area contributed by atoms with Gasteiger partial charge < -0.3 is 10.5 Å². The molecule has 0 radical (unpaired) electrons. The SMILES string of the molecule is O/N=C1\CCC2(CCNCC2)C1. The van der Waals surface area contributed by atoms with E-state index in [-0.39, 0.29) is 0 Å². The lowest BCUT2D eigenvalue weighted by Gasteiger charge is -2.33. The molecule has 2 rings (SSSR count). The van der Waals surface area contributed by atoms with Crippen LogP contribution >= 0.6 is 0 Å². The minimum Gasteiger partial charge on any atom is -0.411 e. The van der Waals surface area contributed by atoms with Crippen LogP contribution in [0.3, 0.4) is 0 Å². The number of rotatable bonds is 0. The monoisotopic (exact) mass is 168 g/mol. The topological polar surface area (TPSA) is 44.6 Å². The van der Waals surface area contributed by atoms with Gasteiger partial charge in [-0.3, -0.25) is 0 Å². The van der Waals surface area contributed by atoms with Crippen LogP contribution in [0.2, 0.25) is 0 Å². The first kappa shape index (κ1) is 8.05. The Morgan fingerprint density at radius 3 is 2.58 bits per heavy atom. The van der Waals surface area contributed by atoms with Crippen LogP contribution in [0.25, 0.3) is 0 Å². The molecule has 12 heavy (non-hydrogen) atoms. The van der Waals surface area contributed by atoms with Gasteiger partial charge in [0.1, 0.15) is 0 Å². The van der Waals surface area contributed by atoms with Crippen LogP contribution in [0, 0.1) is 5.41 Å². The molecule has 1 aliphatic heterocycles. The van der Waals surface area contributed by atoms with Gasteiger partial charge in [0.15, 0.2) is 0 Å². The summed E-state index contributed by atoms with van der Waals surface area (Å²) in [6.45, 7) is 2.28. The number of piperidine rings is 1. The minimum absolute atomic E-state index is 0.493. The molecule has 1 spiro atoms. The third-order valence-electron chi connectivity index (χ3n) is 3.33. The summed E-state index contributed by atoms with van der Waals surface area (Å²) in [5, 5.41) is 15.4. The average molecular weight is 168 g/mol. The van der Waals surface area contributed by atoms with Gasteiger partial charge in [-0.1, -0.05) is 5.16 Å². The highest BCUT2D eigenvalue weighted by Crippen LogP contribution is 2.43. The lowest BCUT2D eigenvalue weighted by atomic mass is 9.77. The Kier molecular flexibility index (Phi) is 2.05. The first-order valence-electron chi connectivity index (χ1n) is 4.75. The van der Waals surface area contributed by atoms with Crippen LogP contribution in [-0.4, -0.2) is 24.0 Å². The van der Waals surface area contributed by atoms with Gasteiger partial charge in [0.05, 0.1) is 5.71 Å². The smallest absolute Gasteiger partial charge is 0.0576 e. The zero-order chi connectivity index (χ0) is 8.44. The summed E-state index contributed by atoms with van der Waals surface area (Å²) in [4.78, 5) is 0. The summed E-state index contributed by atoms with van der Waals surface area (Å²) in [5.74, 6) is 0. The summed E-state index contributed by atoms with van der Waals surface area (Å²) in [6.07, 6.45) is 5.79. The molecule has 2 N–H and O–H groups in total. The summed E-state index contributed by atoms with van der Waals surface area (Å²) in [7, 11) is 0. The largest absolute Gasteiger partial charge is 0.411 e. The van der Waals surface area contributed by atoms with Gasteiger partial charge in [0.2, 0.25) is 0 Å². The van der Waals surface area contributed by atoms with E-state index in [2.05, 4.69) is 10.5 Å². The predicted molar refractivity (Wildman–Crippen MR) is 47.6 cm³/mol. The average Bonchev–Trinajstić information content (AvgIpc) is 2.50. The van der Waals surface area contributed by atoms with Gasteiger partial charge in [-0.15, -0.1) is 0 Å². The molecule has 1 heterocycles. The number of oxime groups is 1. The molecule has 2 aliphatic rings. The van der Waals surface area contributed by atoms with Crippen LogP contribution in [0.15, 0.2) is 5.16 Å². The molecule has 1 saturated heterocycles. The fourth-order valence-electron chi connectivity index (χ4n) is 2.49.